The summed E-state index contributed by atoms with van der Waals surface area (Å²) in [5, 5.41) is 0. The van der Waals surface area contributed by atoms with Crippen LogP contribution in [0.4, 0.5) is 0 Å². The average molecular weight is 214 g/mol. The van der Waals surface area contributed by atoms with Crippen LogP contribution >= 0.6 is 0 Å². The second kappa shape index (κ2) is 4.78. The van der Waals surface area contributed by atoms with Gasteiger partial charge in [-0.2, -0.15) is 0 Å². The maximum atomic E-state index is 5.97. The van der Waals surface area contributed by atoms with Gasteiger partial charge in [-0.1, -0.05) is 0 Å². The van der Waals surface area contributed by atoms with Gasteiger partial charge in [0.15, 0.2) is 0 Å². The smallest absolute Gasteiger partial charge is 0.0662 e. The number of morpholine rings is 1. The van der Waals surface area contributed by atoms with Gasteiger partial charge >= 0.3 is 0 Å². The Bertz CT molecular complexity index is 205. The zero-order valence-corrected chi connectivity index (χ0v) is 9.58. The van der Waals surface area contributed by atoms with Gasteiger partial charge in [-0.15, -0.1) is 0 Å². The first kappa shape index (κ1) is 11.3. The second-order valence-electron chi connectivity index (χ2n) is 4.70. The lowest BCUT2D eigenvalue weighted by atomic mass is 9.88. The van der Waals surface area contributed by atoms with E-state index in [-0.39, 0.29) is 5.54 Å². The molecule has 2 fully saturated rings. The van der Waals surface area contributed by atoms with Crippen LogP contribution in [0.25, 0.3) is 0 Å². The first-order valence-corrected chi connectivity index (χ1v) is 5.91. The molecule has 0 aliphatic carbocycles. The molecule has 0 spiro atoms. The summed E-state index contributed by atoms with van der Waals surface area (Å²) < 4.78 is 11.1. The van der Waals surface area contributed by atoms with Gasteiger partial charge in [0, 0.05) is 25.7 Å². The highest BCUT2D eigenvalue weighted by Gasteiger charge is 2.40. The predicted molar refractivity (Wildman–Crippen MR) is 58.8 cm³/mol. The maximum absolute atomic E-state index is 5.97. The lowest BCUT2D eigenvalue weighted by Gasteiger charge is -2.50. The zero-order valence-electron chi connectivity index (χ0n) is 9.58. The van der Waals surface area contributed by atoms with E-state index >= 15 is 0 Å². The average Bonchev–Trinajstić information content (AvgIpc) is 2.30. The van der Waals surface area contributed by atoms with Crippen molar-refractivity contribution in [3.63, 3.8) is 0 Å². The van der Waals surface area contributed by atoms with Gasteiger partial charge in [-0.05, 0) is 19.8 Å². The van der Waals surface area contributed by atoms with E-state index in [9.17, 15) is 0 Å². The molecule has 0 saturated carbocycles. The first-order chi connectivity index (χ1) is 7.28. The molecule has 2 atom stereocenters. The van der Waals surface area contributed by atoms with E-state index in [2.05, 4.69) is 11.8 Å². The first-order valence-electron chi connectivity index (χ1n) is 5.91. The molecular weight excluding hydrogens is 192 g/mol. The van der Waals surface area contributed by atoms with Gasteiger partial charge < -0.3 is 15.2 Å². The number of nitrogens with zero attached hydrogens (tertiary/aromatic N) is 1. The number of rotatable bonds is 2. The molecule has 0 bridgehead atoms. The minimum atomic E-state index is 0.0709. The molecule has 0 aromatic rings. The summed E-state index contributed by atoms with van der Waals surface area (Å²) in [6.45, 7) is 7.21. The fraction of sp³-hybridized carbons (Fsp3) is 1.00. The molecule has 2 saturated heterocycles. The largest absolute Gasteiger partial charge is 0.379 e. The Kier molecular flexibility index (Phi) is 3.61. The Hall–Kier alpha value is -0.160. The topological polar surface area (TPSA) is 47.7 Å². The Morgan fingerprint density at radius 2 is 2.27 bits per heavy atom. The van der Waals surface area contributed by atoms with Gasteiger partial charge in [0.25, 0.3) is 0 Å². The Morgan fingerprint density at radius 3 is 2.87 bits per heavy atom. The van der Waals surface area contributed by atoms with Crippen molar-refractivity contribution in [2.24, 2.45) is 5.73 Å². The summed E-state index contributed by atoms with van der Waals surface area (Å²) in [6.07, 6.45) is 2.29. The molecule has 15 heavy (non-hydrogen) atoms. The van der Waals surface area contributed by atoms with Crippen molar-refractivity contribution in [1.29, 1.82) is 0 Å². The van der Waals surface area contributed by atoms with Gasteiger partial charge in [-0.25, -0.2) is 0 Å². The van der Waals surface area contributed by atoms with Crippen molar-refractivity contribution in [3.05, 3.63) is 0 Å². The highest BCUT2D eigenvalue weighted by molar-refractivity contribution is 4.96. The molecule has 2 N–H and O–H groups in total. The standard InChI is InChI=1S/C11H22N2O2/c1-10-7-14-6-4-13(10)11(8-12)3-2-5-15-9-11/h10H,2-9,12H2,1H3. The van der Waals surface area contributed by atoms with Crippen molar-refractivity contribution in [2.45, 2.75) is 31.3 Å². The summed E-state index contributed by atoms with van der Waals surface area (Å²) in [7, 11) is 0. The highest BCUT2D eigenvalue weighted by atomic mass is 16.5. The predicted octanol–water partition coefficient (Wildman–Crippen LogP) is 0.215. The summed E-state index contributed by atoms with van der Waals surface area (Å²) >= 11 is 0. The van der Waals surface area contributed by atoms with Crippen LogP contribution in [0.15, 0.2) is 0 Å². The van der Waals surface area contributed by atoms with E-state index in [1.807, 2.05) is 0 Å². The normalized spacial score (nSPS) is 39.2. The molecule has 2 rings (SSSR count). The van der Waals surface area contributed by atoms with Crippen LogP contribution in [-0.4, -0.2) is 56.0 Å². The molecule has 0 aromatic heterocycles. The minimum Gasteiger partial charge on any atom is -0.379 e. The van der Waals surface area contributed by atoms with Crippen molar-refractivity contribution in [1.82, 2.24) is 4.90 Å². The molecule has 0 radical (unpaired) electrons. The van der Waals surface area contributed by atoms with E-state index in [0.29, 0.717) is 12.6 Å². The molecule has 2 heterocycles. The van der Waals surface area contributed by atoms with Crippen molar-refractivity contribution in [2.75, 3.05) is 39.5 Å². The van der Waals surface area contributed by atoms with Crippen LogP contribution < -0.4 is 5.73 Å². The summed E-state index contributed by atoms with van der Waals surface area (Å²) in [5.74, 6) is 0. The summed E-state index contributed by atoms with van der Waals surface area (Å²) in [4.78, 5) is 2.50. The number of nitrogens with two attached hydrogens (primary N) is 1. The SMILES string of the molecule is CC1COCCN1C1(CN)CCCOC1. The van der Waals surface area contributed by atoms with E-state index in [4.69, 9.17) is 15.2 Å². The Labute approximate surface area is 91.7 Å². The van der Waals surface area contributed by atoms with E-state index in [0.717, 1.165) is 45.8 Å². The molecule has 4 heteroatoms. The van der Waals surface area contributed by atoms with Gasteiger partial charge in [-0.3, -0.25) is 4.90 Å². The zero-order chi connectivity index (χ0) is 10.7. The van der Waals surface area contributed by atoms with Crippen LogP contribution in [0.5, 0.6) is 0 Å². The Balaban J connectivity index is 2.08. The van der Waals surface area contributed by atoms with Crippen LogP contribution in [0.1, 0.15) is 19.8 Å². The van der Waals surface area contributed by atoms with Crippen molar-refractivity contribution < 1.29 is 9.47 Å². The molecule has 0 amide bonds. The maximum Gasteiger partial charge on any atom is 0.0662 e. The fourth-order valence-corrected chi connectivity index (χ4v) is 2.77. The lowest BCUT2D eigenvalue weighted by molar-refractivity contribution is -0.106. The van der Waals surface area contributed by atoms with Gasteiger partial charge in [0.2, 0.25) is 0 Å². The van der Waals surface area contributed by atoms with E-state index in [1.165, 1.54) is 0 Å². The quantitative estimate of drug-likeness (QED) is 0.714. The molecule has 2 unspecified atom stereocenters. The van der Waals surface area contributed by atoms with Crippen molar-refractivity contribution >= 4 is 0 Å². The third-order valence-corrected chi connectivity index (χ3v) is 3.66. The lowest BCUT2D eigenvalue weighted by Crippen LogP contribution is -2.64. The molecule has 2 aliphatic heterocycles. The molecule has 88 valence electrons. The molecule has 4 nitrogen and oxygen atoms in total. The number of hydrogen-bond acceptors (Lipinski definition) is 4. The molecule has 2 aliphatic rings. The van der Waals surface area contributed by atoms with E-state index in [1.54, 1.807) is 0 Å². The van der Waals surface area contributed by atoms with E-state index < -0.39 is 0 Å². The number of hydrogen-bond donors (Lipinski definition) is 1. The Morgan fingerprint density at radius 1 is 1.40 bits per heavy atom. The summed E-state index contributed by atoms with van der Waals surface area (Å²) in [5.41, 5.74) is 6.04. The van der Waals surface area contributed by atoms with Crippen LogP contribution in [0, 0.1) is 0 Å². The monoisotopic (exact) mass is 214 g/mol. The minimum absolute atomic E-state index is 0.0709. The number of ether oxygens (including phenoxy) is 2. The van der Waals surface area contributed by atoms with Gasteiger partial charge in [0.1, 0.15) is 0 Å². The molecular formula is C11H22N2O2. The van der Waals surface area contributed by atoms with Crippen LogP contribution in [-0.2, 0) is 9.47 Å². The molecule has 0 aromatic carbocycles. The van der Waals surface area contributed by atoms with Crippen molar-refractivity contribution in [3.8, 4) is 0 Å². The van der Waals surface area contributed by atoms with Gasteiger partial charge in [0.05, 0.1) is 25.4 Å². The second-order valence-corrected chi connectivity index (χ2v) is 4.70. The third kappa shape index (κ3) is 2.18. The van der Waals surface area contributed by atoms with Crippen LogP contribution in [0.3, 0.4) is 0 Å². The third-order valence-electron chi connectivity index (χ3n) is 3.66. The fourth-order valence-electron chi connectivity index (χ4n) is 2.77. The summed E-state index contributed by atoms with van der Waals surface area (Å²) in [6, 6.07) is 0.462. The van der Waals surface area contributed by atoms with Crippen LogP contribution in [0.2, 0.25) is 0 Å². The highest BCUT2D eigenvalue weighted by Crippen LogP contribution is 2.28.